The molecule has 3 aromatic carbocycles. The summed E-state index contributed by atoms with van der Waals surface area (Å²) in [6, 6.07) is 23.8. The monoisotopic (exact) mass is 452 g/mol. The van der Waals surface area contributed by atoms with Gasteiger partial charge in [0, 0.05) is 35.2 Å². The smallest absolute Gasteiger partial charge is 0.230 e. The molecule has 0 aliphatic carbocycles. The zero-order chi connectivity index (χ0) is 22.7. The number of rotatable bonds is 7. The van der Waals surface area contributed by atoms with Gasteiger partial charge in [-0.2, -0.15) is 0 Å². The average Bonchev–Trinajstić information content (AvgIpc) is 3.66. The van der Waals surface area contributed by atoms with Gasteiger partial charge >= 0.3 is 0 Å². The van der Waals surface area contributed by atoms with E-state index in [1.165, 1.54) is 0 Å². The molecule has 0 fully saturated rings. The fourth-order valence-corrected chi connectivity index (χ4v) is 4.17. The van der Waals surface area contributed by atoms with Gasteiger partial charge in [-0.1, -0.05) is 12.1 Å². The first kappa shape index (κ1) is 20.4. The predicted octanol–water partition coefficient (Wildman–Crippen LogP) is 4.21. The lowest BCUT2D eigenvalue weighted by molar-refractivity contribution is 0.120. The van der Waals surface area contributed by atoms with Crippen molar-refractivity contribution in [3.8, 4) is 22.8 Å². The van der Waals surface area contributed by atoms with E-state index >= 15 is 0 Å². The van der Waals surface area contributed by atoms with E-state index in [4.69, 9.17) is 13.9 Å². The molecule has 4 aromatic rings. The largest absolute Gasteiger partial charge is 0.458 e. The number of furan rings is 1. The summed E-state index contributed by atoms with van der Waals surface area (Å²) in [5.41, 5.74) is 3.96. The maximum absolute atomic E-state index is 6.12. The Morgan fingerprint density at radius 3 is 2.03 bits per heavy atom. The summed E-state index contributed by atoms with van der Waals surface area (Å²) in [6.45, 7) is 3.52. The van der Waals surface area contributed by atoms with Crippen LogP contribution in [-0.4, -0.2) is 44.6 Å². The summed E-state index contributed by atoms with van der Waals surface area (Å²) < 4.78 is 17.6. The fraction of sp³-hybridized carbons (Fsp3) is 0.185. The lowest BCUT2D eigenvalue weighted by Gasteiger charge is -2.09. The molecule has 0 atom stereocenters. The second-order valence-electron chi connectivity index (χ2n) is 8.10. The zero-order valence-corrected chi connectivity index (χ0v) is 18.6. The van der Waals surface area contributed by atoms with Crippen LogP contribution in [0.25, 0.3) is 22.3 Å². The van der Waals surface area contributed by atoms with Gasteiger partial charge in [-0.25, -0.2) is 0 Å². The Kier molecular flexibility index (Phi) is 5.35. The Balaban J connectivity index is 1.10. The van der Waals surface area contributed by atoms with Gasteiger partial charge in [0.25, 0.3) is 0 Å². The molecular weight excluding hydrogens is 428 g/mol. The van der Waals surface area contributed by atoms with Crippen LogP contribution < -0.4 is 20.1 Å². The van der Waals surface area contributed by atoms with E-state index in [-0.39, 0.29) is 6.79 Å². The summed E-state index contributed by atoms with van der Waals surface area (Å²) in [4.78, 5) is 8.98. The van der Waals surface area contributed by atoms with Crippen molar-refractivity contribution in [3.05, 3.63) is 83.9 Å². The highest BCUT2D eigenvalue weighted by Crippen LogP contribution is 2.31. The first-order valence-electron chi connectivity index (χ1n) is 11.4. The number of nitrogens with one attached hydrogen (secondary N) is 2. The molecule has 6 rings (SSSR count). The van der Waals surface area contributed by atoms with Crippen LogP contribution >= 0.6 is 0 Å². The van der Waals surface area contributed by atoms with Crippen molar-refractivity contribution in [2.24, 2.45) is 9.98 Å². The van der Waals surface area contributed by atoms with Gasteiger partial charge in [0.15, 0.2) is 0 Å². The molecule has 2 aliphatic heterocycles. The number of ether oxygens (including phenoxy) is 2. The van der Waals surface area contributed by atoms with Gasteiger partial charge in [0.1, 0.15) is 34.5 Å². The molecule has 0 saturated carbocycles. The van der Waals surface area contributed by atoms with Gasteiger partial charge in [0.05, 0.1) is 13.1 Å². The van der Waals surface area contributed by atoms with Gasteiger partial charge in [-0.3, -0.25) is 9.98 Å². The number of fused-ring (bicyclic) bond motifs is 1. The van der Waals surface area contributed by atoms with Crippen molar-refractivity contribution in [1.82, 2.24) is 10.6 Å². The van der Waals surface area contributed by atoms with E-state index in [0.29, 0.717) is 0 Å². The first-order valence-corrected chi connectivity index (χ1v) is 11.4. The lowest BCUT2D eigenvalue weighted by Crippen LogP contribution is -2.19. The third-order valence-electron chi connectivity index (χ3n) is 5.88. The molecule has 7 nitrogen and oxygen atoms in total. The summed E-state index contributed by atoms with van der Waals surface area (Å²) in [5, 5.41) is 7.66. The van der Waals surface area contributed by atoms with E-state index in [2.05, 4.69) is 32.8 Å². The Hall–Kier alpha value is -4.26. The highest BCUT2D eigenvalue weighted by Gasteiger charge is 2.15. The molecule has 2 N–H and O–H groups in total. The number of hydrogen-bond donors (Lipinski definition) is 2. The van der Waals surface area contributed by atoms with Crippen LogP contribution in [0.2, 0.25) is 0 Å². The van der Waals surface area contributed by atoms with Gasteiger partial charge in [0.2, 0.25) is 6.79 Å². The van der Waals surface area contributed by atoms with E-state index in [0.717, 1.165) is 82.8 Å². The van der Waals surface area contributed by atoms with Gasteiger partial charge in [-0.15, -0.1) is 0 Å². The van der Waals surface area contributed by atoms with E-state index in [9.17, 15) is 0 Å². The molecule has 0 spiro atoms. The molecule has 2 aliphatic rings. The van der Waals surface area contributed by atoms with E-state index < -0.39 is 0 Å². The van der Waals surface area contributed by atoms with Crippen molar-refractivity contribution in [1.29, 1.82) is 0 Å². The number of benzene rings is 3. The molecule has 0 bridgehead atoms. The molecule has 3 heterocycles. The minimum atomic E-state index is 0.126. The fourth-order valence-electron chi connectivity index (χ4n) is 4.17. The normalized spacial score (nSPS) is 14.9. The minimum absolute atomic E-state index is 0.126. The maximum atomic E-state index is 6.12. The Labute approximate surface area is 197 Å². The average molecular weight is 453 g/mol. The molecule has 0 saturated heterocycles. The zero-order valence-electron chi connectivity index (χ0n) is 18.6. The number of aliphatic imine (C=N–C) groups is 2. The second kappa shape index (κ2) is 8.94. The molecule has 0 radical (unpaired) electrons. The van der Waals surface area contributed by atoms with E-state index in [1.807, 2.05) is 60.7 Å². The van der Waals surface area contributed by atoms with Gasteiger partial charge < -0.3 is 24.5 Å². The Morgan fingerprint density at radius 2 is 1.38 bits per heavy atom. The standard InChI is InChI=1S/C27H24N4O3/c1-2-22(27-30-14-15-31-27)23-16-25(34-24(23)3-1)18-4-8-20(9-5-18)32-17-33-21-10-6-19(7-11-21)26-28-12-13-29-26/h1-11,16H,12-15,17H2,(H,28,29)(H,30,31). The summed E-state index contributed by atoms with van der Waals surface area (Å²) in [6.07, 6.45) is 0. The van der Waals surface area contributed by atoms with Crippen LogP contribution in [0.4, 0.5) is 0 Å². The lowest BCUT2D eigenvalue weighted by atomic mass is 10.1. The minimum Gasteiger partial charge on any atom is -0.458 e. The van der Waals surface area contributed by atoms with Crippen molar-refractivity contribution in [2.45, 2.75) is 0 Å². The van der Waals surface area contributed by atoms with Crippen LogP contribution in [0, 0.1) is 0 Å². The molecule has 0 unspecified atom stereocenters. The Bertz CT molecular complexity index is 1370. The molecule has 7 heteroatoms. The summed E-state index contributed by atoms with van der Waals surface area (Å²) >= 11 is 0. The van der Waals surface area contributed by atoms with Crippen LogP contribution in [0.1, 0.15) is 11.1 Å². The number of hydrogen-bond acceptors (Lipinski definition) is 7. The predicted molar refractivity (Wildman–Crippen MR) is 133 cm³/mol. The van der Waals surface area contributed by atoms with Crippen molar-refractivity contribution < 1.29 is 13.9 Å². The third-order valence-corrected chi connectivity index (χ3v) is 5.88. The van der Waals surface area contributed by atoms with Gasteiger partial charge in [-0.05, 0) is 60.7 Å². The SMILES string of the molecule is c1cc(C2=NCCN2)c2cc(-c3ccc(OCOc4ccc(C5=NCCN5)cc4)cc3)oc2c1. The highest BCUT2D eigenvalue weighted by atomic mass is 16.7. The molecule has 34 heavy (non-hydrogen) atoms. The van der Waals surface area contributed by atoms with Crippen LogP contribution in [0.15, 0.2) is 87.2 Å². The Morgan fingerprint density at radius 1 is 0.735 bits per heavy atom. The molecular formula is C27H24N4O3. The molecule has 170 valence electrons. The summed E-state index contributed by atoms with van der Waals surface area (Å²) in [5.74, 6) is 4.16. The highest BCUT2D eigenvalue weighted by molar-refractivity contribution is 6.10. The first-order chi connectivity index (χ1) is 16.8. The maximum Gasteiger partial charge on any atom is 0.230 e. The number of amidine groups is 2. The van der Waals surface area contributed by atoms with Crippen LogP contribution in [0.3, 0.4) is 0 Å². The number of nitrogens with zero attached hydrogens (tertiary/aromatic N) is 2. The molecule has 0 amide bonds. The topological polar surface area (TPSA) is 80.4 Å². The molecule has 1 aromatic heterocycles. The van der Waals surface area contributed by atoms with Crippen LogP contribution in [0.5, 0.6) is 11.5 Å². The van der Waals surface area contributed by atoms with E-state index in [1.54, 1.807) is 0 Å². The second-order valence-corrected chi connectivity index (χ2v) is 8.10. The van der Waals surface area contributed by atoms with Crippen molar-refractivity contribution in [3.63, 3.8) is 0 Å². The third kappa shape index (κ3) is 4.08. The summed E-state index contributed by atoms with van der Waals surface area (Å²) in [7, 11) is 0. The van der Waals surface area contributed by atoms with Crippen molar-refractivity contribution in [2.75, 3.05) is 33.0 Å². The van der Waals surface area contributed by atoms with Crippen molar-refractivity contribution >= 4 is 22.6 Å². The van der Waals surface area contributed by atoms with Crippen LogP contribution in [-0.2, 0) is 0 Å². The quantitative estimate of drug-likeness (QED) is 0.411.